The fourth-order valence-electron chi connectivity index (χ4n) is 3.96. The van der Waals surface area contributed by atoms with Gasteiger partial charge < -0.3 is 14.6 Å². The van der Waals surface area contributed by atoms with Crippen LogP contribution in [0, 0.1) is 13.8 Å². The van der Waals surface area contributed by atoms with Crippen LogP contribution in [0.25, 0.3) is 0 Å². The fourth-order valence-corrected chi connectivity index (χ4v) is 4.13. The predicted octanol–water partition coefficient (Wildman–Crippen LogP) is 3.50. The van der Waals surface area contributed by atoms with Crippen LogP contribution in [-0.2, 0) is 10.3 Å². The molecule has 0 amide bonds. The Balaban J connectivity index is 1.96. The Morgan fingerprint density at radius 2 is 1.87 bits per heavy atom. The molecule has 0 radical (unpaired) electrons. The molecule has 31 heavy (non-hydrogen) atoms. The van der Waals surface area contributed by atoms with Gasteiger partial charge in [0.1, 0.15) is 17.9 Å². The van der Waals surface area contributed by atoms with Gasteiger partial charge in [0, 0.05) is 28.5 Å². The average molecular weight is 440 g/mol. The second-order valence-electron chi connectivity index (χ2n) is 7.36. The van der Waals surface area contributed by atoms with Crippen molar-refractivity contribution in [2.75, 3.05) is 13.2 Å². The SMILES string of the molecule is Cc1cc(C)nc(O[C@H](C(=O)O)[C@@]2(c3ccccc3)NCCOc3ccc(Cl)cc32)n1. The first kappa shape index (κ1) is 21.1. The Labute approximate surface area is 185 Å². The number of aromatic nitrogens is 2. The van der Waals surface area contributed by atoms with E-state index in [1.54, 1.807) is 38.1 Å². The largest absolute Gasteiger partial charge is 0.492 e. The van der Waals surface area contributed by atoms with E-state index in [2.05, 4.69) is 15.3 Å². The normalized spacial score (nSPS) is 18.9. The van der Waals surface area contributed by atoms with Gasteiger partial charge in [-0.2, -0.15) is 0 Å². The molecule has 0 unspecified atom stereocenters. The van der Waals surface area contributed by atoms with Crippen molar-refractivity contribution in [1.29, 1.82) is 0 Å². The molecule has 2 heterocycles. The van der Waals surface area contributed by atoms with E-state index >= 15 is 0 Å². The smallest absolute Gasteiger partial charge is 0.347 e. The molecule has 0 spiro atoms. The summed E-state index contributed by atoms with van der Waals surface area (Å²) in [6, 6.07) is 16.2. The van der Waals surface area contributed by atoms with Gasteiger partial charge >= 0.3 is 12.0 Å². The summed E-state index contributed by atoms with van der Waals surface area (Å²) in [6.45, 7) is 4.35. The van der Waals surface area contributed by atoms with Crippen molar-refractivity contribution in [3.63, 3.8) is 0 Å². The summed E-state index contributed by atoms with van der Waals surface area (Å²) in [4.78, 5) is 21.2. The highest BCUT2D eigenvalue weighted by Crippen LogP contribution is 2.42. The van der Waals surface area contributed by atoms with E-state index < -0.39 is 17.6 Å². The van der Waals surface area contributed by atoms with E-state index in [0.717, 1.165) is 0 Å². The number of aryl methyl sites for hydroxylation is 2. The van der Waals surface area contributed by atoms with E-state index in [0.29, 0.717) is 46.4 Å². The first-order valence-corrected chi connectivity index (χ1v) is 10.2. The topological polar surface area (TPSA) is 93.6 Å². The molecule has 0 fully saturated rings. The zero-order valence-electron chi connectivity index (χ0n) is 17.1. The molecular weight excluding hydrogens is 418 g/mol. The van der Waals surface area contributed by atoms with Crippen molar-refractivity contribution >= 4 is 17.6 Å². The van der Waals surface area contributed by atoms with Gasteiger partial charge in [0.25, 0.3) is 0 Å². The highest BCUT2D eigenvalue weighted by Gasteiger charge is 2.51. The minimum Gasteiger partial charge on any atom is -0.492 e. The van der Waals surface area contributed by atoms with Crippen LogP contribution in [0.2, 0.25) is 5.02 Å². The van der Waals surface area contributed by atoms with Crippen molar-refractivity contribution in [2.24, 2.45) is 0 Å². The lowest BCUT2D eigenvalue weighted by Gasteiger charge is -2.39. The van der Waals surface area contributed by atoms with E-state index in [1.165, 1.54) is 0 Å². The Morgan fingerprint density at radius 3 is 2.55 bits per heavy atom. The van der Waals surface area contributed by atoms with Crippen molar-refractivity contribution in [3.8, 4) is 11.8 Å². The molecule has 2 atom stereocenters. The van der Waals surface area contributed by atoms with Crippen LogP contribution in [0.3, 0.4) is 0 Å². The Hall–Kier alpha value is -3.16. The van der Waals surface area contributed by atoms with Crippen LogP contribution < -0.4 is 14.8 Å². The number of carboxylic acid groups (broad SMARTS) is 1. The van der Waals surface area contributed by atoms with Crippen molar-refractivity contribution in [3.05, 3.63) is 82.1 Å². The summed E-state index contributed by atoms with van der Waals surface area (Å²) in [5, 5.41) is 14.2. The number of aliphatic carboxylic acids is 1. The number of hydrogen-bond acceptors (Lipinski definition) is 6. The fraction of sp³-hybridized carbons (Fsp3) is 0.261. The highest BCUT2D eigenvalue weighted by atomic mass is 35.5. The van der Waals surface area contributed by atoms with Crippen molar-refractivity contribution in [2.45, 2.75) is 25.5 Å². The average Bonchev–Trinajstić information content (AvgIpc) is 2.92. The van der Waals surface area contributed by atoms with Crippen molar-refractivity contribution in [1.82, 2.24) is 15.3 Å². The molecule has 3 aromatic rings. The molecule has 4 rings (SSSR count). The predicted molar refractivity (Wildman–Crippen MR) is 116 cm³/mol. The van der Waals surface area contributed by atoms with E-state index in [4.69, 9.17) is 21.1 Å². The lowest BCUT2D eigenvalue weighted by atomic mass is 9.77. The lowest BCUT2D eigenvalue weighted by Crippen LogP contribution is -2.58. The number of ether oxygens (including phenoxy) is 2. The summed E-state index contributed by atoms with van der Waals surface area (Å²) in [7, 11) is 0. The second-order valence-corrected chi connectivity index (χ2v) is 7.80. The number of halogens is 1. The molecule has 0 bridgehead atoms. The molecule has 2 aromatic carbocycles. The number of carboxylic acids is 1. The third-order valence-electron chi connectivity index (χ3n) is 5.16. The summed E-state index contributed by atoms with van der Waals surface area (Å²) < 4.78 is 11.9. The quantitative estimate of drug-likeness (QED) is 0.628. The van der Waals surface area contributed by atoms with Gasteiger partial charge in [-0.15, -0.1) is 0 Å². The first-order chi connectivity index (χ1) is 14.9. The van der Waals surface area contributed by atoms with Crippen LogP contribution in [0.15, 0.2) is 54.6 Å². The molecule has 0 saturated carbocycles. The van der Waals surface area contributed by atoms with Gasteiger partial charge in [-0.25, -0.2) is 14.8 Å². The van der Waals surface area contributed by atoms with Crippen LogP contribution in [0.1, 0.15) is 22.5 Å². The zero-order chi connectivity index (χ0) is 22.0. The third kappa shape index (κ3) is 4.06. The number of nitrogens with zero attached hydrogens (tertiary/aromatic N) is 2. The monoisotopic (exact) mass is 439 g/mol. The molecule has 1 aromatic heterocycles. The van der Waals surface area contributed by atoms with E-state index in [1.807, 2.05) is 30.3 Å². The summed E-state index contributed by atoms with van der Waals surface area (Å²) in [6.07, 6.45) is -1.41. The molecular formula is C23H22ClN3O4. The molecule has 0 saturated heterocycles. The zero-order valence-corrected chi connectivity index (χ0v) is 17.9. The molecule has 8 heteroatoms. The molecule has 1 aliphatic heterocycles. The first-order valence-electron chi connectivity index (χ1n) is 9.85. The third-order valence-corrected chi connectivity index (χ3v) is 5.40. The minimum atomic E-state index is -1.41. The minimum absolute atomic E-state index is 0.00394. The van der Waals surface area contributed by atoms with Crippen LogP contribution in [0.4, 0.5) is 0 Å². The Morgan fingerprint density at radius 1 is 1.16 bits per heavy atom. The summed E-state index contributed by atoms with van der Waals surface area (Å²) >= 11 is 6.33. The van der Waals surface area contributed by atoms with Gasteiger partial charge in [0.15, 0.2) is 0 Å². The Kier molecular flexibility index (Phi) is 5.80. The molecule has 7 nitrogen and oxygen atoms in total. The van der Waals surface area contributed by atoms with Gasteiger partial charge in [-0.05, 0) is 43.7 Å². The van der Waals surface area contributed by atoms with Gasteiger partial charge in [0.2, 0.25) is 6.10 Å². The lowest BCUT2D eigenvalue weighted by molar-refractivity contribution is -0.149. The number of rotatable bonds is 5. The number of nitrogens with one attached hydrogen (secondary N) is 1. The molecule has 0 aliphatic carbocycles. The standard InChI is InChI=1S/C23H22ClN3O4/c1-14-12-15(2)27-22(26-14)31-20(21(28)29)23(16-6-4-3-5-7-16)18-13-17(24)8-9-19(18)30-11-10-25-23/h3-9,12-13,20,25H,10-11H2,1-2H3,(H,28,29)/t20-,23+/m1/s1. The van der Waals surface area contributed by atoms with Gasteiger partial charge in [-0.1, -0.05) is 41.9 Å². The summed E-state index contributed by atoms with van der Waals surface area (Å²) in [5.41, 5.74) is 1.33. The van der Waals surface area contributed by atoms with Crippen molar-refractivity contribution < 1.29 is 19.4 Å². The maximum absolute atomic E-state index is 12.7. The number of benzene rings is 2. The highest BCUT2D eigenvalue weighted by molar-refractivity contribution is 6.30. The number of hydrogen-bond donors (Lipinski definition) is 2. The Bertz CT molecular complexity index is 1090. The number of carbonyl (C=O) groups is 1. The second kappa shape index (κ2) is 8.53. The molecule has 2 N–H and O–H groups in total. The number of fused-ring (bicyclic) bond motifs is 1. The van der Waals surface area contributed by atoms with Crippen LogP contribution in [-0.4, -0.2) is 40.3 Å². The summed E-state index contributed by atoms with van der Waals surface area (Å²) in [5.74, 6) is -0.638. The molecule has 1 aliphatic rings. The van der Waals surface area contributed by atoms with Gasteiger partial charge in [-0.3, -0.25) is 5.32 Å². The maximum Gasteiger partial charge on any atom is 0.347 e. The van der Waals surface area contributed by atoms with E-state index in [-0.39, 0.29) is 6.01 Å². The molecule has 160 valence electrons. The van der Waals surface area contributed by atoms with E-state index in [9.17, 15) is 9.90 Å². The van der Waals surface area contributed by atoms with Crippen LogP contribution in [0.5, 0.6) is 11.8 Å². The van der Waals surface area contributed by atoms with Gasteiger partial charge in [0.05, 0.1) is 0 Å². The van der Waals surface area contributed by atoms with Crippen LogP contribution >= 0.6 is 11.6 Å². The maximum atomic E-state index is 12.7.